The van der Waals surface area contributed by atoms with E-state index in [0.717, 1.165) is 25.0 Å². The zero-order chi connectivity index (χ0) is 21.6. The Morgan fingerprint density at radius 1 is 1.38 bits per heavy atom. The van der Waals surface area contributed by atoms with Gasteiger partial charge in [0.15, 0.2) is 0 Å². The standard InChI is InChI=1S/C20H26ClF2N3O3/c1-20(2)10-12(7-9-29-20)25-8-6-13(17(24)19(27)28)18(21)26-11-14-15(22)4-3-5-16(14)23/h3-5,12,24-26H,6-11H2,1-2H3,(H,27,28)/b18-13-,24-17?. The molecular weight excluding hydrogens is 404 g/mol. The summed E-state index contributed by atoms with van der Waals surface area (Å²) in [4.78, 5) is 11.3. The van der Waals surface area contributed by atoms with Crippen LogP contribution in [0.5, 0.6) is 0 Å². The number of hydrogen-bond acceptors (Lipinski definition) is 5. The van der Waals surface area contributed by atoms with Gasteiger partial charge in [-0.25, -0.2) is 13.6 Å². The Kier molecular flexibility index (Phi) is 8.13. The maximum atomic E-state index is 13.8. The minimum absolute atomic E-state index is 0.0646. The predicted molar refractivity (Wildman–Crippen MR) is 107 cm³/mol. The lowest BCUT2D eigenvalue weighted by Crippen LogP contribution is -2.44. The van der Waals surface area contributed by atoms with Crippen molar-refractivity contribution in [3.63, 3.8) is 0 Å². The first-order valence-electron chi connectivity index (χ1n) is 9.35. The van der Waals surface area contributed by atoms with Crippen LogP contribution in [0.15, 0.2) is 28.9 Å². The highest BCUT2D eigenvalue weighted by molar-refractivity contribution is 6.44. The van der Waals surface area contributed by atoms with Crippen LogP contribution in [0.4, 0.5) is 8.78 Å². The highest BCUT2D eigenvalue weighted by Crippen LogP contribution is 2.24. The molecule has 1 aromatic carbocycles. The fraction of sp³-hybridized carbons (Fsp3) is 0.500. The van der Waals surface area contributed by atoms with Gasteiger partial charge in [-0.05, 0) is 51.8 Å². The molecule has 1 atom stereocenters. The molecule has 160 valence electrons. The Bertz CT molecular complexity index is 779. The second-order valence-corrected chi connectivity index (χ2v) is 7.91. The van der Waals surface area contributed by atoms with Gasteiger partial charge in [-0.3, -0.25) is 5.41 Å². The molecule has 0 aromatic heterocycles. The van der Waals surface area contributed by atoms with Gasteiger partial charge in [0.25, 0.3) is 0 Å². The number of carboxylic acids is 1. The number of halogens is 3. The molecule has 2 rings (SSSR count). The molecule has 1 aromatic rings. The molecule has 0 amide bonds. The minimum Gasteiger partial charge on any atom is -0.477 e. The number of carboxylic acid groups (broad SMARTS) is 1. The van der Waals surface area contributed by atoms with E-state index in [4.69, 9.17) is 21.7 Å². The van der Waals surface area contributed by atoms with E-state index in [-0.39, 0.29) is 40.9 Å². The minimum atomic E-state index is -1.43. The molecule has 1 aliphatic rings. The fourth-order valence-corrected chi connectivity index (χ4v) is 3.51. The third kappa shape index (κ3) is 6.76. The quantitative estimate of drug-likeness (QED) is 0.356. The molecule has 1 saturated heterocycles. The van der Waals surface area contributed by atoms with Gasteiger partial charge in [0.05, 0.1) is 5.60 Å². The van der Waals surface area contributed by atoms with Crippen molar-refractivity contribution in [3.8, 4) is 0 Å². The molecule has 1 heterocycles. The van der Waals surface area contributed by atoms with Crippen LogP contribution in [-0.4, -0.2) is 41.6 Å². The summed E-state index contributed by atoms with van der Waals surface area (Å²) in [5.74, 6) is -2.90. The third-order valence-corrected chi connectivity index (χ3v) is 5.13. The average Bonchev–Trinajstić information content (AvgIpc) is 2.63. The molecule has 0 radical (unpaired) electrons. The van der Waals surface area contributed by atoms with Crippen LogP contribution in [0.3, 0.4) is 0 Å². The third-order valence-electron chi connectivity index (χ3n) is 4.77. The number of rotatable bonds is 9. The maximum absolute atomic E-state index is 13.8. The summed E-state index contributed by atoms with van der Waals surface area (Å²) in [6, 6.07) is 3.70. The molecule has 29 heavy (non-hydrogen) atoms. The Balaban J connectivity index is 2.04. The van der Waals surface area contributed by atoms with Crippen LogP contribution in [0.1, 0.15) is 38.7 Å². The van der Waals surface area contributed by atoms with Gasteiger partial charge in [-0.2, -0.15) is 0 Å². The SMILES string of the molecule is CC1(C)CC(NCC/C(C(=N)C(=O)O)=C(\Cl)NCc2c(F)cccc2F)CCO1. The number of aliphatic carboxylic acids is 1. The zero-order valence-corrected chi connectivity index (χ0v) is 17.2. The highest BCUT2D eigenvalue weighted by Gasteiger charge is 2.28. The molecule has 1 fully saturated rings. The van der Waals surface area contributed by atoms with E-state index in [0.29, 0.717) is 13.2 Å². The van der Waals surface area contributed by atoms with Crippen molar-refractivity contribution in [2.75, 3.05) is 13.2 Å². The lowest BCUT2D eigenvalue weighted by Gasteiger charge is -2.36. The summed E-state index contributed by atoms with van der Waals surface area (Å²) in [7, 11) is 0. The summed E-state index contributed by atoms with van der Waals surface area (Å²) in [5, 5.41) is 22.8. The Hall–Kier alpha value is -2.03. The summed E-state index contributed by atoms with van der Waals surface area (Å²) >= 11 is 6.18. The van der Waals surface area contributed by atoms with Gasteiger partial charge in [-0.15, -0.1) is 0 Å². The number of benzene rings is 1. The lowest BCUT2D eigenvalue weighted by molar-refractivity contribution is -0.129. The Morgan fingerprint density at radius 3 is 2.62 bits per heavy atom. The molecule has 0 aliphatic carbocycles. The lowest BCUT2D eigenvalue weighted by atomic mass is 9.94. The van der Waals surface area contributed by atoms with Crippen molar-refractivity contribution >= 4 is 23.3 Å². The highest BCUT2D eigenvalue weighted by atomic mass is 35.5. The zero-order valence-electron chi connectivity index (χ0n) is 16.4. The molecular formula is C20H26ClF2N3O3. The summed E-state index contributed by atoms with van der Waals surface area (Å²) in [5.41, 5.74) is -1.04. The molecule has 0 bridgehead atoms. The Morgan fingerprint density at radius 2 is 2.03 bits per heavy atom. The number of hydrogen-bond donors (Lipinski definition) is 4. The van der Waals surface area contributed by atoms with E-state index in [1.807, 2.05) is 13.8 Å². The molecule has 9 heteroatoms. The van der Waals surface area contributed by atoms with Crippen LogP contribution in [0.2, 0.25) is 0 Å². The first-order chi connectivity index (χ1) is 13.6. The van der Waals surface area contributed by atoms with E-state index in [9.17, 15) is 18.7 Å². The van der Waals surface area contributed by atoms with Gasteiger partial charge in [-0.1, -0.05) is 17.7 Å². The van der Waals surface area contributed by atoms with Crippen LogP contribution in [0.25, 0.3) is 0 Å². The second-order valence-electron chi connectivity index (χ2n) is 7.53. The van der Waals surface area contributed by atoms with Gasteiger partial charge in [0, 0.05) is 30.3 Å². The van der Waals surface area contributed by atoms with E-state index in [1.54, 1.807) is 0 Å². The first-order valence-corrected chi connectivity index (χ1v) is 9.73. The fourth-order valence-electron chi connectivity index (χ4n) is 3.25. The van der Waals surface area contributed by atoms with Gasteiger partial charge < -0.3 is 20.5 Å². The van der Waals surface area contributed by atoms with Crippen molar-refractivity contribution in [1.82, 2.24) is 10.6 Å². The molecule has 1 unspecified atom stereocenters. The van der Waals surface area contributed by atoms with Crippen molar-refractivity contribution in [1.29, 1.82) is 5.41 Å². The molecule has 6 nitrogen and oxygen atoms in total. The van der Waals surface area contributed by atoms with E-state index < -0.39 is 23.3 Å². The van der Waals surface area contributed by atoms with Gasteiger partial charge in [0.2, 0.25) is 0 Å². The molecule has 0 spiro atoms. The van der Waals surface area contributed by atoms with Gasteiger partial charge >= 0.3 is 5.97 Å². The number of nitrogens with one attached hydrogen (secondary N) is 3. The summed E-state index contributed by atoms with van der Waals surface area (Å²) in [6.45, 7) is 4.78. The van der Waals surface area contributed by atoms with Crippen LogP contribution >= 0.6 is 11.6 Å². The van der Waals surface area contributed by atoms with Crippen LogP contribution in [0, 0.1) is 17.0 Å². The van der Waals surface area contributed by atoms with Crippen LogP contribution in [-0.2, 0) is 16.1 Å². The topological polar surface area (TPSA) is 94.4 Å². The van der Waals surface area contributed by atoms with Gasteiger partial charge in [0.1, 0.15) is 22.5 Å². The monoisotopic (exact) mass is 429 g/mol. The van der Waals surface area contributed by atoms with E-state index >= 15 is 0 Å². The second kappa shape index (κ2) is 10.1. The molecule has 0 saturated carbocycles. The van der Waals surface area contributed by atoms with E-state index in [2.05, 4.69) is 10.6 Å². The first kappa shape index (κ1) is 23.3. The molecule has 4 N–H and O–H groups in total. The maximum Gasteiger partial charge on any atom is 0.354 e. The normalized spacial score (nSPS) is 19.4. The summed E-state index contributed by atoms with van der Waals surface area (Å²) < 4.78 is 33.2. The van der Waals surface area contributed by atoms with Crippen molar-refractivity contribution < 1.29 is 23.4 Å². The van der Waals surface area contributed by atoms with E-state index in [1.165, 1.54) is 6.07 Å². The largest absolute Gasteiger partial charge is 0.477 e. The van der Waals surface area contributed by atoms with Crippen molar-refractivity contribution in [3.05, 3.63) is 46.1 Å². The summed E-state index contributed by atoms with van der Waals surface area (Å²) in [6.07, 6.45) is 1.81. The molecule has 1 aliphatic heterocycles. The van der Waals surface area contributed by atoms with Crippen molar-refractivity contribution in [2.45, 2.75) is 51.3 Å². The Labute approximate surface area is 173 Å². The van der Waals surface area contributed by atoms with Crippen LogP contribution < -0.4 is 10.6 Å². The average molecular weight is 430 g/mol. The predicted octanol–water partition coefficient (Wildman–Crippen LogP) is 3.55. The smallest absolute Gasteiger partial charge is 0.354 e. The number of ether oxygens (including phenoxy) is 1. The van der Waals surface area contributed by atoms with Crippen molar-refractivity contribution in [2.24, 2.45) is 0 Å². The number of carbonyl (C=O) groups is 1.